The van der Waals surface area contributed by atoms with Crippen molar-refractivity contribution in [3.05, 3.63) is 5.82 Å². The molecule has 0 amide bonds. The summed E-state index contributed by atoms with van der Waals surface area (Å²) in [4.78, 5) is 0. The molecule has 2 rings (SSSR count). The first-order valence-corrected chi connectivity index (χ1v) is 3.87. The van der Waals surface area contributed by atoms with Crippen LogP contribution in [0.25, 0.3) is 0 Å². The molecule has 5 heteroatoms. The van der Waals surface area contributed by atoms with Crippen LogP contribution in [-0.4, -0.2) is 26.7 Å². The average Bonchev–Trinajstić information content (AvgIpc) is 2.55. The van der Waals surface area contributed by atoms with Gasteiger partial charge in [-0.25, -0.2) is 5.10 Å². The first-order chi connectivity index (χ1) is 5.38. The summed E-state index contributed by atoms with van der Waals surface area (Å²) in [5, 5.41) is 13.7. The van der Waals surface area contributed by atoms with Gasteiger partial charge in [-0.15, -0.1) is 5.10 Å². The lowest BCUT2D eigenvalue weighted by Crippen LogP contribution is -2.23. The maximum Gasteiger partial charge on any atom is 0.153 e. The van der Waals surface area contributed by atoms with Crippen molar-refractivity contribution in [1.82, 2.24) is 20.6 Å². The van der Waals surface area contributed by atoms with Gasteiger partial charge in [0.05, 0.1) is 0 Å². The number of hydrogen-bond donors (Lipinski definition) is 2. The van der Waals surface area contributed by atoms with Crippen molar-refractivity contribution in [3.63, 3.8) is 0 Å². The highest BCUT2D eigenvalue weighted by Gasteiger charge is 2.27. The van der Waals surface area contributed by atoms with Gasteiger partial charge in [-0.05, 0) is 23.3 Å². The van der Waals surface area contributed by atoms with E-state index in [0.717, 1.165) is 18.7 Å². The molecular weight excluding hydrogens is 142 g/mol. The number of rotatable bonds is 1. The lowest BCUT2D eigenvalue weighted by atomic mass is 10.0. The van der Waals surface area contributed by atoms with Crippen LogP contribution in [0.15, 0.2) is 0 Å². The second-order valence-corrected chi connectivity index (χ2v) is 2.99. The minimum absolute atomic E-state index is 0.241. The molecule has 0 saturated heterocycles. The Morgan fingerprint density at radius 1 is 1.45 bits per heavy atom. The van der Waals surface area contributed by atoms with Crippen LogP contribution < -0.4 is 5.73 Å². The van der Waals surface area contributed by atoms with Gasteiger partial charge in [0.2, 0.25) is 0 Å². The second-order valence-electron chi connectivity index (χ2n) is 2.99. The third kappa shape index (κ3) is 1.11. The van der Waals surface area contributed by atoms with Crippen molar-refractivity contribution in [2.24, 2.45) is 5.73 Å². The van der Waals surface area contributed by atoms with Crippen LogP contribution in [0.1, 0.15) is 31.0 Å². The molecule has 60 valence electrons. The molecule has 5 nitrogen and oxygen atoms in total. The fraction of sp³-hybridized carbons (Fsp3) is 0.833. The van der Waals surface area contributed by atoms with Gasteiger partial charge in [0.1, 0.15) is 0 Å². The van der Waals surface area contributed by atoms with Gasteiger partial charge in [-0.3, -0.25) is 0 Å². The number of tetrazole rings is 1. The summed E-state index contributed by atoms with van der Waals surface area (Å²) < 4.78 is 0. The topological polar surface area (TPSA) is 80.5 Å². The summed E-state index contributed by atoms with van der Waals surface area (Å²) in [6, 6.07) is 0.241. The predicted molar refractivity (Wildman–Crippen MR) is 38.7 cm³/mol. The maximum absolute atomic E-state index is 5.85. The van der Waals surface area contributed by atoms with Crippen molar-refractivity contribution in [2.45, 2.75) is 31.2 Å². The van der Waals surface area contributed by atoms with E-state index in [0.29, 0.717) is 5.92 Å². The number of nitrogens with two attached hydrogens (primary N) is 1. The Morgan fingerprint density at radius 3 is 2.91 bits per heavy atom. The highest BCUT2D eigenvalue weighted by Crippen LogP contribution is 2.30. The molecule has 0 spiro atoms. The first-order valence-electron chi connectivity index (χ1n) is 3.87. The third-order valence-corrected chi connectivity index (χ3v) is 2.28. The lowest BCUT2D eigenvalue weighted by molar-refractivity contribution is 0.582. The zero-order valence-electron chi connectivity index (χ0n) is 6.20. The van der Waals surface area contributed by atoms with E-state index in [9.17, 15) is 0 Å². The van der Waals surface area contributed by atoms with E-state index in [1.807, 2.05) is 0 Å². The molecule has 3 N–H and O–H groups in total. The second kappa shape index (κ2) is 2.58. The van der Waals surface area contributed by atoms with Gasteiger partial charge in [0.15, 0.2) is 5.82 Å². The smallest absolute Gasteiger partial charge is 0.153 e. The molecule has 1 aliphatic carbocycles. The van der Waals surface area contributed by atoms with E-state index < -0.39 is 0 Å². The van der Waals surface area contributed by atoms with Crippen LogP contribution in [0.5, 0.6) is 0 Å². The Balaban J connectivity index is 2.16. The van der Waals surface area contributed by atoms with Crippen LogP contribution in [0.3, 0.4) is 0 Å². The van der Waals surface area contributed by atoms with Crippen LogP contribution in [0.2, 0.25) is 0 Å². The number of hydrogen-bond acceptors (Lipinski definition) is 4. The average molecular weight is 153 g/mol. The number of aromatic amines is 1. The highest BCUT2D eigenvalue weighted by atomic mass is 15.5. The van der Waals surface area contributed by atoms with Gasteiger partial charge in [0.25, 0.3) is 0 Å². The Hall–Kier alpha value is -0.970. The molecule has 0 aliphatic heterocycles. The Labute approximate surface area is 64.4 Å². The number of H-pyrrole nitrogens is 1. The van der Waals surface area contributed by atoms with Gasteiger partial charge in [0, 0.05) is 12.0 Å². The summed E-state index contributed by atoms with van der Waals surface area (Å²) >= 11 is 0. The van der Waals surface area contributed by atoms with E-state index >= 15 is 0 Å². The van der Waals surface area contributed by atoms with Crippen molar-refractivity contribution >= 4 is 0 Å². The van der Waals surface area contributed by atoms with E-state index in [4.69, 9.17) is 5.73 Å². The molecule has 1 saturated carbocycles. The molecule has 0 bridgehead atoms. The van der Waals surface area contributed by atoms with Crippen LogP contribution in [0.4, 0.5) is 0 Å². The summed E-state index contributed by atoms with van der Waals surface area (Å²) in [6.07, 6.45) is 3.38. The number of nitrogens with zero attached hydrogens (tertiary/aromatic N) is 3. The molecule has 0 radical (unpaired) electrons. The van der Waals surface area contributed by atoms with Crippen LogP contribution in [-0.2, 0) is 0 Å². The quantitative estimate of drug-likeness (QED) is 0.585. The standard InChI is InChI=1S/C6H11N5/c7-5-3-1-2-4(5)6-8-10-11-9-6/h4-5H,1-3,7H2,(H,8,9,10,11)/t4-,5+/m1/s1. The molecule has 0 unspecified atom stereocenters. The largest absolute Gasteiger partial charge is 0.327 e. The van der Waals surface area contributed by atoms with Gasteiger partial charge in [-0.1, -0.05) is 6.42 Å². The summed E-state index contributed by atoms with van der Waals surface area (Å²) in [5.41, 5.74) is 5.85. The van der Waals surface area contributed by atoms with Gasteiger partial charge >= 0.3 is 0 Å². The Kier molecular flexibility index (Phi) is 1.58. The monoisotopic (exact) mass is 153 g/mol. The predicted octanol–water partition coefficient (Wildman–Crippen LogP) is -0.206. The molecule has 1 heterocycles. The molecular formula is C6H11N5. The number of nitrogens with one attached hydrogen (secondary N) is 1. The first kappa shape index (κ1) is 6.72. The zero-order valence-corrected chi connectivity index (χ0v) is 6.20. The van der Waals surface area contributed by atoms with Crippen LogP contribution in [0, 0.1) is 0 Å². The normalized spacial score (nSPS) is 31.0. The van der Waals surface area contributed by atoms with E-state index in [-0.39, 0.29) is 6.04 Å². The summed E-state index contributed by atoms with van der Waals surface area (Å²) in [7, 11) is 0. The fourth-order valence-corrected chi connectivity index (χ4v) is 1.65. The van der Waals surface area contributed by atoms with E-state index in [1.165, 1.54) is 6.42 Å². The summed E-state index contributed by atoms with van der Waals surface area (Å²) in [6.45, 7) is 0. The Bertz CT molecular complexity index is 219. The molecule has 1 fully saturated rings. The van der Waals surface area contributed by atoms with Crippen molar-refractivity contribution < 1.29 is 0 Å². The van der Waals surface area contributed by atoms with Crippen molar-refractivity contribution in [2.75, 3.05) is 0 Å². The molecule has 1 aliphatic rings. The van der Waals surface area contributed by atoms with Crippen molar-refractivity contribution in [3.8, 4) is 0 Å². The highest BCUT2D eigenvalue weighted by molar-refractivity contribution is 5.00. The maximum atomic E-state index is 5.85. The minimum Gasteiger partial charge on any atom is -0.327 e. The zero-order chi connectivity index (χ0) is 7.68. The van der Waals surface area contributed by atoms with E-state index in [1.54, 1.807) is 0 Å². The minimum atomic E-state index is 0.241. The number of aromatic nitrogens is 4. The molecule has 1 aromatic heterocycles. The fourth-order valence-electron chi connectivity index (χ4n) is 1.65. The Morgan fingerprint density at radius 2 is 2.36 bits per heavy atom. The molecule has 0 aromatic carbocycles. The SMILES string of the molecule is N[C@H]1CCC[C@H]1c1nnn[nH]1. The molecule has 11 heavy (non-hydrogen) atoms. The van der Waals surface area contributed by atoms with Crippen LogP contribution >= 0.6 is 0 Å². The molecule has 1 aromatic rings. The summed E-state index contributed by atoms with van der Waals surface area (Å²) in [5.74, 6) is 1.19. The lowest BCUT2D eigenvalue weighted by Gasteiger charge is -2.09. The third-order valence-electron chi connectivity index (χ3n) is 2.28. The van der Waals surface area contributed by atoms with Gasteiger partial charge < -0.3 is 5.73 Å². The van der Waals surface area contributed by atoms with E-state index in [2.05, 4.69) is 20.6 Å². The van der Waals surface area contributed by atoms with Crippen molar-refractivity contribution in [1.29, 1.82) is 0 Å². The molecule has 2 atom stereocenters. The van der Waals surface area contributed by atoms with Gasteiger partial charge in [-0.2, -0.15) is 0 Å².